The Morgan fingerprint density at radius 2 is 2.19 bits per heavy atom. The third-order valence-corrected chi connectivity index (χ3v) is 2.38. The smallest absolute Gasteiger partial charge is 0.214 e. The molecule has 0 radical (unpaired) electrons. The summed E-state index contributed by atoms with van der Waals surface area (Å²) in [6.07, 6.45) is 1.86. The topological polar surface area (TPSA) is 53.1 Å². The van der Waals surface area contributed by atoms with Crippen molar-refractivity contribution in [3.8, 4) is 11.7 Å². The van der Waals surface area contributed by atoms with Crippen molar-refractivity contribution in [3.63, 3.8) is 0 Å². The van der Waals surface area contributed by atoms with Gasteiger partial charge in [0.05, 0.1) is 12.8 Å². The number of hydrogen-bond acceptors (Lipinski definition) is 3. The van der Waals surface area contributed by atoms with Crippen LogP contribution in [0.3, 0.4) is 0 Å². The molecule has 0 aliphatic heterocycles. The SMILES string of the molecule is COc1cccc(-n2cccc2C(N)=S)n1. The summed E-state index contributed by atoms with van der Waals surface area (Å²) in [4.78, 5) is 4.64. The van der Waals surface area contributed by atoms with Crippen LogP contribution in [0, 0.1) is 0 Å². The highest BCUT2D eigenvalue weighted by Crippen LogP contribution is 2.14. The molecule has 4 nitrogen and oxygen atoms in total. The normalized spacial score (nSPS) is 10.1. The first kappa shape index (κ1) is 10.6. The lowest BCUT2D eigenvalue weighted by Gasteiger charge is -2.08. The summed E-state index contributed by atoms with van der Waals surface area (Å²) in [5.41, 5.74) is 6.38. The van der Waals surface area contributed by atoms with E-state index in [1.165, 1.54) is 0 Å². The summed E-state index contributed by atoms with van der Waals surface area (Å²) in [5.74, 6) is 1.28. The van der Waals surface area contributed by atoms with Gasteiger partial charge in [0.1, 0.15) is 10.8 Å². The van der Waals surface area contributed by atoms with Gasteiger partial charge in [-0.15, -0.1) is 0 Å². The van der Waals surface area contributed by atoms with Gasteiger partial charge in [-0.1, -0.05) is 18.3 Å². The summed E-state index contributed by atoms with van der Waals surface area (Å²) in [7, 11) is 1.58. The van der Waals surface area contributed by atoms with E-state index in [0.717, 1.165) is 11.5 Å². The molecule has 0 spiro atoms. The molecule has 2 aromatic heterocycles. The fraction of sp³-hybridized carbons (Fsp3) is 0.0909. The molecule has 16 heavy (non-hydrogen) atoms. The van der Waals surface area contributed by atoms with Crippen molar-refractivity contribution in [1.82, 2.24) is 9.55 Å². The molecule has 5 heteroatoms. The fourth-order valence-corrected chi connectivity index (χ4v) is 1.60. The quantitative estimate of drug-likeness (QED) is 0.817. The summed E-state index contributed by atoms with van der Waals surface area (Å²) in [5, 5.41) is 0. The molecule has 0 aliphatic carbocycles. The van der Waals surface area contributed by atoms with Crippen molar-refractivity contribution < 1.29 is 4.74 Å². The Balaban J connectivity index is 2.50. The fourth-order valence-electron chi connectivity index (χ4n) is 1.43. The largest absolute Gasteiger partial charge is 0.481 e. The van der Waals surface area contributed by atoms with Crippen LogP contribution in [0.5, 0.6) is 5.88 Å². The third kappa shape index (κ3) is 1.90. The molecule has 0 amide bonds. The van der Waals surface area contributed by atoms with Gasteiger partial charge in [0.25, 0.3) is 0 Å². The maximum absolute atomic E-state index is 5.62. The average Bonchev–Trinajstić information content (AvgIpc) is 2.78. The van der Waals surface area contributed by atoms with Crippen molar-refractivity contribution in [2.75, 3.05) is 7.11 Å². The maximum atomic E-state index is 5.62. The standard InChI is InChI=1S/C11H11N3OS/c1-15-10-6-2-5-9(13-10)14-7-3-4-8(14)11(12)16/h2-7H,1H3,(H2,12,16). The van der Waals surface area contributed by atoms with Gasteiger partial charge in [-0.05, 0) is 18.2 Å². The van der Waals surface area contributed by atoms with Crippen molar-refractivity contribution >= 4 is 17.2 Å². The van der Waals surface area contributed by atoms with E-state index in [9.17, 15) is 0 Å². The van der Waals surface area contributed by atoms with Crippen LogP contribution in [0.15, 0.2) is 36.5 Å². The molecule has 2 aromatic rings. The zero-order valence-electron chi connectivity index (χ0n) is 8.75. The highest BCUT2D eigenvalue weighted by molar-refractivity contribution is 7.80. The minimum atomic E-state index is 0.342. The maximum Gasteiger partial charge on any atom is 0.214 e. The number of nitrogens with zero attached hydrogens (tertiary/aromatic N) is 2. The molecular formula is C11H11N3OS. The van der Waals surface area contributed by atoms with Crippen LogP contribution in [0.2, 0.25) is 0 Å². The van der Waals surface area contributed by atoms with E-state index in [-0.39, 0.29) is 0 Å². The van der Waals surface area contributed by atoms with Crippen LogP contribution in [-0.4, -0.2) is 21.6 Å². The molecule has 0 unspecified atom stereocenters. The molecule has 0 aromatic carbocycles. The van der Waals surface area contributed by atoms with Gasteiger partial charge in [-0.3, -0.25) is 4.57 Å². The number of pyridine rings is 1. The van der Waals surface area contributed by atoms with Crippen molar-refractivity contribution in [3.05, 3.63) is 42.2 Å². The van der Waals surface area contributed by atoms with Crippen LogP contribution in [0.1, 0.15) is 5.69 Å². The van der Waals surface area contributed by atoms with Crippen LogP contribution >= 0.6 is 12.2 Å². The second-order valence-corrected chi connectivity index (χ2v) is 3.61. The highest BCUT2D eigenvalue weighted by atomic mass is 32.1. The highest BCUT2D eigenvalue weighted by Gasteiger charge is 2.06. The zero-order valence-corrected chi connectivity index (χ0v) is 9.57. The molecule has 0 saturated carbocycles. The van der Waals surface area contributed by atoms with E-state index >= 15 is 0 Å². The molecular weight excluding hydrogens is 222 g/mol. The monoisotopic (exact) mass is 233 g/mol. The number of aromatic nitrogens is 2. The van der Waals surface area contributed by atoms with Gasteiger partial charge in [0, 0.05) is 12.3 Å². The van der Waals surface area contributed by atoms with E-state index in [2.05, 4.69) is 4.98 Å². The predicted molar refractivity (Wildman–Crippen MR) is 66.0 cm³/mol. The lowest BCUT2D eigenvalue weighted by atomic mass is 10.4. The van der Waals surface area contributed by atoms with E-state index in [0.29, 0.717) is 10.9 Å². The summed E-state index contributed by atoms with van der Waals surface area (Å²) < 4.78 is 6.89. The number of hydrogen-bond donors (Lipinski definition) is 1. The molecule has 0 bridgehead atoms. The van der Waals surface area contributed by atoms with Gasteiger partial charge >= 0.3 is 0 Å². The number of nitrogens with two attached hydrogens (primary N) is 1. The summed E-state index contributed by atoms with van der Waals surface area (Å²) >= 11 is 4.96. The van der Waals surface area contributed by atoms with Gasteiger partial charge in [-0.25, -0.2) is 0 Å². The minimum Gasteiger partial charge on any atom is -0.481 e. The summed E-state index contributed by atoms with van der Waals surface area (Å²) in [6.45, 7) is 0. The van der Waals surface area contributed by atoms with E-state index in [1.54, 1.807) is 13.2 Å². The Labute approximate surface area is 98.7 Å². The Kier molecular flexibility index (Phi) is 2.87. The molecule has 0 atom stereocenters. The van der Waals surface area contributed by atoms with Crippen LogP contribution < -0.4 is 10.5 Å². The number of thiocarbonyl (C=S) groups is 1. The van der Waals surface area contributed by atoms with Crippen molar-refractivity contribution in [1.29, 1.82) is 0 Å². The first-order valence-corrected chi connectivity index (χ1v) is 5.12. The molecule has 0 aliphatic rings. The van der Waals surface area contributed by atoms with Gasteiger partial charge in [0.2, 0.25) is 5.88 Å². The van der Waals surface area contributed by atoms with Crippen molar-refractivity contribution in [2.24, 2.45) is 5.73 Å². The van der Waals surface area contributed by atoms with Gasteiger partial charge < -0.3 is 10.5 Å². The van der Waals surface area contributed by atoms with Gasteiger partial charge in [0.15, 0.2) is 0 Å². The molecule has 2 heterocycles. The van der Waals surface area contributed by atoms with E-state index in [1.807, 2.05) is 35.0 Å². The third-order valence-electron chi connectivity index (χ3n) is 2.17. The van der Waals surface area contributed by atoms with Crippen LogP contribution in [0.4, 0.5) is 0 Å². The molecule has 82 valence electrons. The molecule has 0 fully saturated rings. The van der Waals surface area contributed by atoms with E-state index in [4.69, 9.17) is 22.7 Å². The Bertz CT molecular complexity index is 521. The van der Waals surface area contributed by atoms with Crippen LogP contribution in [-0.2, 0) is 0 Å². The lowest BCUT2D eigenvalue weighted by Crippen LogP contribution is -2.15. The Morgan fingerprint density at radius 3 is 2.88 bits per heavy atom. The predicted octanol–water partition coefficient (Wildman–Crippen LogP) is 1.52. The number of methoxy groups -OCH3 is 1. The molecule has 0 saturated heterocycles. The zero-order chi connectivity index (χ0) is 11.5. The number of rotatable bonds is 3. The summed E-state index contributed by atoms with van der Waals surface area (Å²) in [6, 6.07) is 9.24. The lowest BCUT2D eigenvalue weighted by molar-refractivity contribution is 0.397. The molecule has 2 rings (SSSR count). The molecule has 2 N–H and O–H groups in total. The Hall–Kier alpha value is -1.88. The first-order valence-electron chi connectivity index (χ1n) is 4.71. The van der Waals surface area contributed by atoms with E-state index < -0.39 is 0 Å². The second-order valence-electron chi connectivity index (χ2n) is 3.17. The van der Waals surface area contributed by atoms with Crippen LogP contribution in [0.25, 0.3) is 5.82 Å². The Morgan fingerprint density at radius 1 is 1.38 bits per heavy atom. The number of ether oxygens (including phenoxy) is 1. The van der Waals surface area contributed by atoms with Crippen molar-refractivity contribution in [2.45, 2.75) is 0 Å². The average molecular weight is 233 g/mol. The minimum absolute atomic E-state index is 0.342. The second kappa shape index (κ2) is 4.32. The first-order chi connectivity index (χ1) is 7.72. The van der Waals surface area contributed by atoms with Gasteiger partial charge in [-0.2, -0.15) is 4.98 Å².